The Balaban J connectivity index is 2.49. The van der Waals surface area contributed by atoms with Crippen molar-refractivity contribution in [3.63, 3.8) is 0 Å². The highest BCUT2D eigenvalue weighted by molar-refractivity contribution is 6.33. The van der Waals surface area contributed by atoms with Crippen molar-refractivity contribution in [1.29, 1.82) is 0 Å². The fourth-order valence-electron chi connectivity index (χ4n) is 1.33. The highest BCUT2D eigenvalue weighted by Crippen LogP contribution is 2.22. The normalized spacial score (nSPS) is 10.2. The molecule has 0 fully saturated rings. The van der Waals surface area contributed by atoms with E-state index in [1.54, 1.807) is 6.07 Å². The summed E-state index contributed by atoms with van der Waals surface area (Å²) >= 11 is 5.98. The zero-order valence-corrected chi connectivity index (χ0v) is 10.0. The van der Waals surface area contributed by atoms with E-state index in [-0.39, 0.29) is 12.5 Å². The molecule has 0 heterocycles. The number of halogens is 1. The Bertz CT molecular complexity index is 366. The molecule has 1 amide bonds. The number of nitrogens with one attached hydrogen (secondary N) is 1. The number of anilines is 1. The average Bonchev–Trinajstić information content (AvgIpc) is 2.23. The van der Waals surface area contributed by atoms with Gasteiger partial charge in [0.15, 0.2) is 0 Å². The monoisotopic (exact) mass is 241 g/mol. The van der Waals surface area contributed by atoms with Gasteiger partial charge in [0.25, 0.3) is 0 Å². The summed E-state index contributed by atoms with van der Waals surface area (Å²) < 4.78 is 0. The van der Waals surface area contributed by atoms with Crippen molar-refractivity contribution in [3.8, 4) is 0 Å². The lowest BCUT2D eigenvalue weighted by Crippen LogP contribution is -2.11. The van der Waals surface area contributed by atoms with Gasteiger partial charge in [-0.25, -0.2) is 0 Å². The van der Waals surface area contributed by atoms with Gasteiger partial charge in [0.2, 0.25) is 5.91 Å². The first-order valence-corrected chi connectivity index (χ1v) is 5.68. The number of carbonyl (C=O) groups excluding carboxylic acids is 1. The van der Waals surface area contributed by atoms with Gasteiger partial charge in [0.05, 0.1) is 10.7 Å². The Morgan fingerprint density at radius 3 is 2.81 bits per heavy atom. The first-order valence-electron chi connectivity index (χ1n) is 5.30. The summed E-state index contributed by atoms with van der Waals surface area (Å²) in [6.45, 7) is 2.07. The highest BCUT2D eigenvalue weighted by atomic mass is 35.5. The number of rotatable bonds is 5. The summed E-state index contributed by atoms with van der Waals surface area (Å²) in [5, 5.41) is 11.9. The Morgan fingerprint density at radius 2 is 2.19 bits per heavy atom. The molecular weight excluding hydrogens is 226 g/mol. The van der Waals surface area contributed by atoms with E-state index in [9.17, 15) is 4.79 Å². The Morgan fingerprint density at radius 1 is 1.44 bits per heavy atom. The summed E-state index contributed by atoms with van der Waals surface area (Å²) in [5.74, 6) is -0.0702. The van der Waals surface area contributed by atoms with Gasteiger partial charge < -0.3 is 10.4 Å². The molecule has 0 radical (unpaired) electrons. The van der Waals surface area contributed by atoms with E-state index in [0.717, 1.165) is 5.56 Å². The molecule has 1 aromatic rings. The van der Waals surface area contributed by atoms with E-state index in [0.29, 0.717) is 30.0 Å². The third-order valence-electron chi connectivity index (χ3n) is 2.21. The van der Waals surface area contributed by atoms with Crippen LogP contribution in [0.25, 0.3) is 0 Å². The van der Waals surface area contributed by atoms with Crippen LogP contribution in [0.15, 0.2) is 18.2 Å². The summed E-state index contributed by atoms with van der Waals surface area (Å²) in [6, 6.07) is 5.50. The van der Waals surface area contributed by atoms with E-state index in [1.807, 2.05) is 19.1 Å². The minimum Gasteiger partial charge on any atom is -0.396 e. The predicted molar refractivity (Wildman–Crippen MR) is 65.8 cm³/mol. The number of amides is 1. The summed E-state index contributed by atoms with van der Waals surface area (Å²) in [5.41, 5.74) is 1.70. The molecule has 0 bridgehead atoms. The SMILES string of the molecule is Cc1ccc(NC(=O)CCCCO)c(Cl)c1. The zero-order valence-electron chi connectivity index (χ0n) is 9.29. The molecule has 3 nitrogen and oxygen atoms in total. The Kier molecular flexibility index (Phi) is 5.29. The van der Waals surface area contributed by atoms with Crippen molar-refractivity contribution < 1.29 is 9.90 Å². The fraction of sp³-hybridized carbons (Fsp3) is 0.417. The van der Waals surface area contributed by atoms with Crippen LogP contribution in [0.5, 0.6) is 0 Å². The number of unbranched alkanes of at least 4 members (excludes halogenated alkanes) is 1. The van der Waals surface area contributed by atoms with Gasteiger partial charge >= 0.3 is 0 Å². The van der Waals surface area contributed by atoms with Gasteiger partial charge in [-0.1, -0.05) is 17.7 Å². The molecule has 16 heavy (non-hydrogen) atoms. The highest BCUT2D eigenvalue weighted by Gasteiger charge is 2.05. The van der Waals surface area contributed by atoms with Crippen LogP contribution in [-0.2, 0) is 4.79 Å². The summed E-state index contributed by atoms with van der Waals surface area (Å²) in [4.78, 5) is 11.5. The molecule has 0 saturated heterocycles. The maximum Gasteiger partial charge on any atom is 0.224 e. The van der Waals surface area contributed by atoms with Crippen molar-refractivity contribution in [2.45, 2.75) is 26.2 Å². The number of hydrogen-bond acceptors (Lipinski definition) is 2. The van der Waals surface area contributed by atoms with Crippen molar-refractivity contribution in [2.24, 2.45) is 0 Å². The first kappa shape index (κ1) is 13.0. The smallest absolute Gasteiger partial charge is 0.224 e. The van der Waals surface area contributed by atoms with E-state index >= 15 is 0 Å². The van der Waals surface area contributed by atoms with Crippen LogP contribution in [0.2, 0.25) is 5.02 Å². The summed E-state index contributed by atoms with van der Waals surface area (Å²) in [6.07, 6.45) is 1.74. The number of aryl methyl sites for hydroxylation is 1. The van der Waals surface area contributed by atoms with E-state index < -0.39 is 0 Å². The standard InChI is InChI=1S/C12H16ClNO2/c1-9-5-6-11(10(13)8-9)14-12(16)4-2-3-7-15/h5-6,8,15H,2-4,7H2,1H3,(H,14,16). The number of aliphatic hydroxyl groups is 1. The lowest BCUT2D eigenvalue weighted by atomic mass is 10.2. The molecule has 0 atom stereocenters. The predicted octanol–water partition coefficient (Wildman–Crippen LogP) is 2.75. The molecule has 0 aliphatic carbocycles. The van der Waals surface area contributed by atoms with Crippen LogP contribution in [0.3, 0.4) is 0 Å². The van der Waals surface area contributed by atoms with Gasteiger partial charge in [-0.2, -0.15) is 0 Å². The van der Waals surface area contributed by atoms with Crippen molar-refractivity contribution in [3.05, 3.63) is 28.8 Å². The minimum atomic E-state index is -0.0702. The van der Waals surface area contributed by atoms with Gasteiger partial charge in [-0.15, -0.1) is 0 Å². The second-order valence-electron chi connectivity index (χ2n) is 3.71. The molecule has 0 saturated carbocycles. The second-order valence-corrected chi connectivity index (χ2v) is 4.12. The van der Waals surface area contributed by atoms with Gasteiger partial charge in [0, 0.05) is 13.0 Å². The number of aliphatic hydroxyl groups excluding tert-OH is 1. The van der Waals surface area contributed by atoms with E-state index in [1.165, 1.54) is 0 Å². The topological polar surface area (TPSA) is 49.3 Å². The Hall–Kier alpha value is -1.06. The molecule has 88 valence electrons. The molecule has 1 aromatic carbocycles. The van der Waals surface area contributed by atoms with Crippen molar-refractivity contribution in [1.82, 2.24) is 0 Å². The minimum absolute atomic E-state index is 0.0702. The first-order chi connectivity index (χ1) is 7.63. The van der Waals surface area contributed by atoms with Crippen LogP contribution < -0.4 is 5.32 Å². The van der Waals surface area contributed by atoms with Crippen LogP contribution in [0.1, 0.15) is 24.8 Å². The molecule has 0 aromatic heterocycles. The second kappa shape index (κ2) is 6.51. The number of hydrogen-bond donors (Lipinski definition) is 2. The molecule has 4 heteroatoms. The molecule has 0 aliphatic heterocycles. The van der Waals surface area contributed by atoms with Crippen LogP contribution in [0, 0.1) is 6.92 Å². The third-order valence-corrected chi connectivity index (χ3v) is 2.52. The zero-order chi connectivity index (χ0) is 12.0. The van der Waals surface area contributed by atoms with Gasteiger partial charge in [-0.3, -0.25) is 4.79 Å². The fourth-order valence-corrected chi connectivity index (χ4v) is 1.61. The number of carbonyl (C=O) groups is 1. The lowest BCUT2D eigenvalue weighted by molar-refractivity contribution is -0.116. The molecule has 0 unspecified atom stereocenters. The molecule has 0 spiro atoms. The lowest BCUT2D eigenvalue weighted by Gasteiger charge is -2.07. The molecule has 2 N–H and O–H groups in total. The van der Waals surface area contributed by atoms with Crippen molar-refractivity contribution in [2.75, 3.05) is 11.9 Å². The molecule has 1 rings (SSSR count). The number of benzene rings is 1. The molecule has 0 aliphatic rings. The van der Waals surface area contributed by atoms with E-state index in [2.05, 4.69) is 5.32 Å². The Labute approximate surface area is 100 Å². The van der Waals surface area contributed by atoms with Crippen LogP contribution >= 0.6 is 11.6 Å². The van der Waals surface area contributed by atoms with Crippen LogP contribution in [0.4, 0.5) is 5.69 Å². The summed E-state index contributed by atoms with van der Waals surface area (Å²) in [7, 11) is 0. The largest absolute Gasteiger partial charge is 0.396 e. The maximum absolute atomic E-state index is 11.5. The van der Waals surface area contributed by atoms with Gasteiger partial charge in [0.1, 0.15) is 0 Å². The quantitative estimate of drug-likeness (QED) is 0.779. The van der Waals surface area contributed by atoms with Gasteiger partial charge in [-0.05, 0) is 37.5 Å². The van der Waals surface area contributed by atoms with Crippen molar-refractivity contribution >= 4 is 23.2 Å². The van der Waals surface area contributed by atoms with Crippen LogP contribution in [-0.4, -0.2) is 17.6 Å². The maximum atomic E-state index is 11.5. The third kappa shape index (κ3) is 4.21. The van der Waals surface area contributed by atoms with E-state index in [4.69, 9.17) is 16.7 Å². The molecular formula is C12H16ClNO2. The average molecular weight is 242 g/mol.